The van der Waals surface area contributed by atoms with Crippen LogP contribution in [-0.2, 0) is 14.3 Å². The van der Waals surface area contributed by atoms with Crippen molar-refractivity contribution < 1.29 is 19.1 Å². The van der Waals surface area contributed by atoms with Gasteiger partial charge >= 0.3 is 0 Å². The van der Waals surface area contributed by atoms with E-state index < -0.39 is 23.0 Å². The Morgan fingerprint density at radius 3 is 2.77 bits per heavy atom. The SMILES string of the molecule is C[C@]12CC[C@](CCOc3ccc(Cl)cn3)(O1)[C@@H]1C(=O)N(c3ccc(C#N)c4ncccc34)C(=O)[C@@H]12. The molecule has 0 unspecified atom stereocenters. The van der Waals surface area contributed by atoms with Crippen molar-refractivity contribution in [3.8, 4) is 11.9 Å². The zero-order valence-corrected chi connectivity index (χ0v) is 19.7. The molecule has 2 aromatic heterocycles. The van der Waals surface area contributed by atoms with Gasteiger partial charge in [0.05, 0.1) is 51.4 Å². The van der Waals surface area contributed by atoms with Gasteiger partial charge in [0, 0.05) is 30.3 Å². The van der Waals surface area contributed by atoms with Crippen molar-refractivity contribution in [2.75, 3.05) is 11.5 Å². The van der Waals surface area contributed by atoms with Crippen LogP contribution in [0.4, 0.5) is 5.69 Å². The molecule has 2 bridgehead atoms. The minimum Gasteiger partial charge on any atom is -0.478 e. The Morgan fingerprint density at radius 1 is 1.17 bits per heavy atom. The van der Waals surface area contributed by atoms with E-state index in [1.807, 2.05) is 6.92 Å². The number of aromatic nitrogens is 2. The number of nitrogens with zero attached hydrogens (tertiary/aromatic N) is 4. The smallest absolute Gasteiger partial charge is 0.240 e. The first-order chi connectivity index (χ1) is 16.9. The summed E-state index contributed by atoms with van der Waals surface area (Å²) in [6, 6.07) is 12.3. The number of nitriles is 1. The number of halogens is 1. The Bertz CT molecular complexity index is 1420. The fourth-order valence-corrected chi connectivity index (χ4v) is 6.18. The zero-order chi connectivity index (χ0) is 24.4. The normalized spacial score (nSPS) is 29.0. The molecule has 9 heteroatoms. The summed E-state index contributed by atoms with van der Waals surface area (Å²) in [5.41, 5.74) is -0.187. The average Bonchev–Trinajstić information content (AvgIpc) is 3.44. The van der Waals surface area contributed by atoms with E-state index in [9.17, 15) is 14.9 Å². The molecule has 3 aliphatic heterocycles. The van der Waals surface area contributed by atoms with E-state index in [0.717, 1.165) is 0 Å². The summed E-state index contributed by atoms with van der Waals surface area (Å²) in [6.45, 7) is 2.22. The molecule has 35 heavy (non-hydrogen) atoms. The lowest BCUT2D eigenvalue weighted by Gasteiger charge is -2.31. The highest BCUT2D eigenvalue weighted by atomic mass is 35.5. The highest BCUT2D eigenvalue weighted by Crippen LogP contribution is 2.62. The van der Waals surface area contributed by atoms with Crippen LogP contribution in [0.5, 0.6) is 5.88 Å². The molecule has 1 aromatic carbocycles. The maximum Gasteiger partial charge on any atom is 0.240 e. The molecule has 3 aromatic rings. The third kappa shape index (κ3) is 3.15. The molecule has 6 rings (SSSR count). The van der Waals surface area contributed by atoms with Gasteiger partial charge in [0.1, 0.15) is 6.07 Å². The van der Waals surface area contributed by atoms with Crippen LogP contribution in [0.1, 0.15) is 31.7 Å². The third-order valence-corrected chi connectivity index (χ3v) is 7.82. The Hall–Kier alpha value is -3.54. The number of rotatable bonds is 5. The van der Waals surface area contributed by atoms with Crippen LogP contribution in [0, 0.1) is 23.2 Å². The van der Waals surface area contributed by atoms with E-state index >= 15 is 0 Å². The quantitative estimate of drug-likeness (QED) is 0.499. The van der Waals surface area contributed by atoms with Crippen molar-refractivity contribution in [3.63, 3.8) is 0 Å². The lowest BCUT2D eigenvalue weighted by molar-refractivity contribution is -0.131. The van der Waals surface area contributed by atoms with E-state index in [4.69, 9.17) is 21.1 Å². The molecule has 0 spiro atoms. The number of hydrogen-bond donors (Lipinski definition) is 0. The number of ether oxygens (including phenoxy) is 2. The fourth-order valence-electron chi connectivity index (χ4n) is 6.07. The van der Waals surface area contributed by atoms with Gasteiger partial charge in [0.15, 0.2) is 0 Å². The number of carbonyl (C=O) groups is 2. The van der Waals surface area contributed by atoms with E-state index in [0.29, 0.717) is 58.9 Å². The second-order valence-corrected chi connectivity index (χ2v) is 9.94. The summed E-state index contributed by atoms with van der Waals surface area (Å²) >= 11 is 5.89. The number of amides is 2. The predicted octanol–water partition coefficient (Wildman–Crippen LogP) is 4.05. The number of hydrogen-bond acceptors (Lipinski definition) is 7. The third-order valence-electron chi connectivity index (χ3n) is 7.60. The van der Waals surface area contributed by atoms with Crippen LogP contribution in [-0.4, -0.2) is 39.6 Å². The zero-order valence-electron chi connectivity index (χ0n) is 18.9. The number of fused-ring (bicyclic) bond motifs is 6. The molecule has 3 fully saturated rings. The lowest BCUT2D eigenvalue weighted by Crippen LogP contribution is -2.43. The molecular formula is C26H21ClN4O4. The predicted molar refractivity (Wildman–Crippen MR) is 127 cm³/mol. The van der Waals surface area contributed by atoms with Crippen molar-refractivity contribution in [2.24, 2.45) is 11.8 Å². The Kier molecular flexibility index (Phi) is 4.85. The van der Waals surface area contributed by atoms with Crippen LogP contribution in [0.15, 0.2) is 48.8 Å². The number of anilines is 1. The molecule has 0 radical (unpaired) electrons. The summed E-state index contributed by atoms with van der Waals surface area (Å²) in [7, 11) is 0. The summed E-state index contributed by atoms with van der Waals surface area (Å²) in [6.07, 6.45) is 4.92. The fraction of sp³-hybridized carbons (Fsp3) is 0.346. The molecule has 5 heterocycles. The van der Waals surface area contributed by atoms with Crippen LogP contribution >= 0.6 is 11.6 Å². The highest BCUT2D eigenvalue weighted by Gasteiger charge is 2.73. The van der Waals surface area contributed by atoms with Crippen molar-refractivity contribution in [1.82, 2.24) is 9.97 Å². The maximum atomic E-state index is 13.9. The number of benzene rings is 1. The molecule has 3 saturated heterocycles. The average molecular weight is 489 g/mol. The largest absolute Gasteiger partial charge is 0.478 e. The van der Waals surface area contributed by atoms with Gasteiger partial charge in [0.25, 0.3) is 0 Å². The molecule has 176 valence electrons. The van der Waals surface area contributed by atoms with Gasteiger partial charge in [-0.15, -0.1) is 0 Å². The van der Waals surface area contributed by atoms with Crippen molar-refractivity contribution in [3.05, 3.63) is 59.4 Å². The minimum absolute atomic E-state index is 0.265. The Morgan fingerprint density at radius 2 is 2.00 bits per heavy atom. The van der Waals surface area contributed by atoms with Gasteiger partial charge in [-0.2, -0.15) is 5.26 Å². The highest BCUT2D eigenvalue weighted by molar-refractivity contribution is 6.30. The molecule has 8 nitrogen and oxygen atoms in total. The van der Waals surface area contributed by atoms with E-state index in [-0.39, 0.29) is 11.8 Å². The van der Waals surface area contributed by atoms with Gasteiger partial charge in [-0.3, -0.25) is 14.6 Å². The Balaban J connectivity index is 1.33. The van der Waals surface area contributed by atoms with Gasteiger partial charge in [-0.25, -0.2) is 9.88 Å². The van der Waals surface area contributed by atoms with Gasteiger partial charge in [-0.05, 0) is 50.1 Å². The van der Waals surface area contributed by atoms with Crippen LogP contribution in [0.25, 0.3) is 10.9 Å². The molecular weight excluding hydrogens is 468 g/mol. The first-order valence-electron chi connectivity index (χ1n) is 11.5. The van der Waals surface area contributed by atoms with E-state index in [1.54, 1.807) is 42.6 Å². The monoisotopic (exact) mass is 488 g/mol. The molecule has 3 aliphatic rings. The number of pyridine rings is 2. The molecule has 0 N–H and O–H groups in total. The maximum absolute atomic E-state index is 13.9. The topological polar surface area (TPSA) is 105 Å². The second kappa shape index (κ2) is 7.74. The Labute approximate surface area is 206 Å². The first-order valence-corrected chi connectivity index (χ1v) is 11.8. The van der Waals surface area contributed by atoms with Crippen molar-refractivity contribution >= 4 is 40.0 Å². The summed E-state index contributed by atoms with van der Waals surface area (Å²) in [5, 5.41) is 10.6. The molecule has 2 amide bonds. The number of imide groups is 1. The van der Waals surface area contributed by atoms with Crippen LogP contribution < -0.4 is 9.64 Å². The summed E-state index contributed by atoms with van der Waals surface area (Å²) in [5.74, 6) is -1.27. The summed E-state index contributed by atoms with van der Waals surface area (Å²) < 4.78 is 12.3. The van der Waals surface area contributed by atoms with Gasteiger partial charge in [-0.1, -0.05) is 11.6 Å². The second-order valence-electron chi connectivity index (χ2n) is 9.50. The van der Waals surface area contributed by atoms with Crippen molar-refractivity contribution in [1.29, 1.82) is 5.26 Å². The standard InChI is InChI=1S/C26H21ClN4O4/c1-25-8-9-26(35-25,10-12-34-19-7-5-16(27)14-30-19)21-20(25)23(32)31(24(21)33)18-6-4-15(13-28)22-17(18)3-2-11-29-22/h2-7,11,14,20-21H,8-10,12H2,1H3/t20-,21+,25-,26-/m1/s1. The van der Waals surface area contributed by atoms with E-state index in [1.165, 1.54) is 11.1 Å². The molecule has 0 aliphatic carbocycles. The number of carbonyl (C=O) groups excluding carboxylic acids is 2. The van der Waals surface area contributed by atoms with Gasteiger partial charge < -0.3 is 9.47 Å². The lowest BCUT2D eigenvalue weighted by atomic mass is 9.67. The molecule has 4 atom stereocenters. The van der Waals surface area contributed by atoms with Crippen LogP contribution in [0.3, 0.4) is 0 Å². The minimum atomic E-state index is -0.784. The first kappa shape index (κ1) is 22.0. The van der Waals surface area contributed by atoms with Crippen LogP contribution in [0.2, 0.25) is 5.02 Å². The van der Waals surface area contributed by atoms with E-state index in [2.05, 4.69) is 16.0 Å². The molecule has 0 saturated carbocycles. The van der Waals surface area contributed by atoms with Gasteiger partial charge in [0.2, 0.25) is 17.7 Å². The summed E-state index contributed by atoms with van der Waals surface area (Å²) in [4.78, 5) is 37.4. The van der Waals surface area contributed by atoms with Crippen molar-refractivity contribution in [2.45, 2.75) is 37.4 Å².